The van der Waals surface area contributed by atoms with Crippen LogP contribution in [0.25, 0.3) is 0 Å². The molecule has 2 heterocycles. The van der Waals surface area contributed by atoms with Gasteiger partial charge in [-0.2, -0.15) is 10.1 Å². The van der Waals surface area contributed by atoms with Gasteiger partial charge in [0.25, 0.3) is 0 Å². The van der Waals surface area contributed by atoms with Crippen molar-refractivity contribution in [2.75, 3.05) is 19.0 Å². The van der Waals surface area contributed by atoms with Gasteiger partial charge >= 0.3 is 5.97 Å². The molecule has 1 aliphatic rings. The fourth-order valence-electron chi connectivity index (χ4n) is 2.86. The summed E-state index contributed by atoms with van der Waals surface area (Å²) in [5, 5.41) is 7.45. The third kappa shape index (κ3) is 2.73. The van der Waals surface area contributed by atoms with Crippen molar-refractivity contribution >= 4 is 11.9 Å². The number of rotatable bonds is 5. The topological polar surface area (TPSA) is 78.3 Å². The number of ether oxygens (including phenoxy) is 2. The number of aromatic nitrogens is 3. The Hall–Kier alpha value is -2.83. The van der Waals surface area contributed by atoms with Crippen LogP contribution in [0, 0.1) is 0 Å². The number of anilines is 1. The molecule has 0 saturated heterocycles. The predicted molar refractivity (Wildman–Crippen MR) is 88.7 cm³/mol. The molecule has 7 heteroatoms. The molecule has 1 aliphatic heterocycles. The molecule has 0 saturated carbocycles. The summed E-state index contributed by atoms with van der Waals surface area (Å²) in [5.74, 6) is 1.02. The molecule has 0 amide bonds. The maximum absolute atomic E-state index is 12.4. The van der Waals surface area contributed by atoms with Gasteiger partial charge in [0.15, 0.2) is 0 Å². The molecule has 24 heavy (non-hydrogen) atoms. The second-order valence-corrected chi connectivity index (χ2v) is 5.30. The summed E-state index contributed by atoms with van der Waals surface area (Å²) in [4.78, 5) is 16.6. The molecule has 0 radical (unpaired) electrons. The molecular formula is C17H20N4O3. The maximum atomic E-state index is 12.4. The van der Waals surface area contributed by atoms with Gasteiger partial charge in [0.2, 0.25) is 5.95 Å². The summed E-state index contributed by atoms with van der Waals surface area (Å²) < 4.78 is 12.2. The highest BCUT2D eigenvalue weighted by Crippen LogP contribution is 2.36. The Kier molecular flexibility index (Phi) is 4.50. The number of esters is 1. The molecule has 1 aromatic heterocycles. The Morgan fingerprint density at radius 1 is 1.29 bits per heavy atom. The van der Waals surface area contributed by atoms with E-state index in [1.165, 1.54) is 13.4 Å². The highest BCUT2D eigenvalue weighted by Gasteiger charge is 2.34. The van der Waals surface area contributed by atoms with Crippen molar-refractivity contribution < 1.29 is 14.3 Å². The monoisotopic (exact) mass is 328 g/mol. The van der Waals surface area contributed by atoms with Crippen molar-refractivity contribution in [3.8, 4) is 5.75 Å². The Bertz CT molecular complexity index is 764. The van der Waals surface area contributed by atoms with Crippen LogP contribution in [-0.4, -0.2) is 34.5 Å². The maximum Gasteiger partial charge on any atom is 0.338 e. The molecule has 2 aromatic rings. The molecule has 126 valence electrons. The molecule has 0 aliphatic carbocycles. The zero-order chi connectivity index (χ0) is 17.1. The zero-order valence-electron chi connectivity index (χ0n) is 13.9. The summed E-state index contributed by atoms with van der Waals surface area (Å²) >= 11 is 0. The molecule has 0 bridgehead atoms. The average molecular weight is 328 g/mol. The molecule has 0 fully saturated rings. The van der Waals surface area contributed by atoms with Gasteiger partial charge in [-0.15, -0.1) is 0 Å². The number of nitrogens with one attached hydrogen (secondary N) is 1. The van der Waals surface area contributed by atoms with Crippen LogP contribution >= 0.6 is 0 Å². The van der Waals surface area contributed by atoms with Crippen LogP contribution in [0.1, 0.15) is 31.9 Å². The fraction of sp³-hybridized carbons (Fsp3) is 0.353. The summed E-state index contributed by atoms with van der Waals surface area (Å²) in [6.45, 7) is 4.52. The first-order chi connectivity index (χ1) is 11.7. The van der Waals surface area contributed by atoms with Crippen LogP contribution in [0.5, 0.6) is 5.75 Å². The Balaban J connectivity index is 2.10. The van der Waals surface area contributed by atoms with E-state index in [2.05, 4.69) is 15.4 Å². The van der Waals surface area contributed by atoms with E-state index < -0.39 is 0 Å². The van der Waals surface area contributed by atoms with Crippen LogP contribution in [0.4, 0.5) is 5.95 Å². The number of hydrogen-bond acceptors (Lipinski definition) is 6. The van der Waals surface area contributed by atoms with Gasteiger partial charge in [-0.1, -0.05) is 19.1 Å². The van der Waals surface area contributed by atoms with Gasteiger partial charge in [-0.25, -0.2) is 9.48 Å². The quantitative estimate of drug-likeness (QED) is 0.850. The second kappa shape index (κ2) is 6.74. The minimum absolute atomic E-state index is 0.376. The Morgan fingerprint density at radius 3 is 2.67 bits per heavy atom. The first-order valence-corrected chi connectivity index (χ1v) is 7.90. The van der Waals surface area contributed by atoms with Crippen LogP contribution in [0.3, 0.4) is 0 Å². The number of allylic oxidation sites excluding steroid dienone is 1. The van der Waals surface area contributed by atoms with Gasteiger partial charge in [-0.3, -0.25) is 0 Å². The van der Waals surface area contributed by atoms with Gasteiger partial charge in [0.1, 0.15) is 18.1 Å². The van der Waals surface area contributed by atoms with Crippen LogP contribution < -0.4 is 10.1 Å². The highest BCUT2D eigenvalue weighted by molar-refractivity contribution is 5.92. The SMILES string of the molecule is CCOc1ccc([C@@H]2C(C(=O)OC)=C(CC)Nc3ncnn32)cc1. The number of benzene rings is 1. The lowest BCUT2D eigenvalue weighted by atomic mass is 9.94. The van der Waals surface area contributed by atoms with Crippen molar-refractivity contribution in [2.24, 2.45) is 0 Å². The molecule has 7 nitrogen and oxygen atoms in total. The third-order valence-corrected chi connectivity index (χ3v) is 3.94. The second-order valence-electron chi connectivity index (χ2n) is 5.30. The Labute approximate surface area is 140 Å². The van der Waals surface area contributed by atoms with Crippen LogP contribution in [-0.2, 0) is 9.53 Å². The normalized spacial score (nSPS) is 16.4. The Morgan fingerprint density at radius 2 is 2.04 bits per heavy atom. The smallest absolute Gasteiger partial charge is 0.338 e. The standard InChI is InChI=1S/C17H20N4O3/c1-4-13-14(16(22)23-3)15(21-17(20-13)18-10-19-21)11-6-8-12(9-7-11)24-5-2/h6-10,15H,4-5H2,1-3H3,(H,18,19,20)/t15-/m1/s1. The van der Waals surface area contributed by atoms with Crippen molar-refractivity contribution in [3.05, 3.63) is 47.4 Å². The van der Waals surface area contributed by atoms with Crippen molar-refractivity contribution in [2.45, 2.75) is 26.3 Å². The summed E-state index contributed by atoms with van der Waals surface area (Å²) in [5.41, 5.74) is 2.25. The molecule has 3 rings (SSSR count). The van der Waals surface area contributed by atoms with Crippen molar-refractivity contribution in [3.63, 3.8) is 0 Å². The number of methoxy groups -OCH3 is 1. The van der Waals surface area contributed by atoms with Gasteiger partial charge < -0.3 is 14.8 Å². The lowest BCUT2D eigenvalue weighted by molar-refractivity contribution is -0.136. The van der Waals surface area contributed by atoms with E-state index in [1.807, 2.05) is 38.1 Å². The average Bonchev–Trinajstić information content (AvgIpc) is 3.08. The highest BCUT2D eigenvalue weighted by atomic mass is 16.5. The van der Waals surface area contributed by atoms with Crippen molar-refractivity contribution in [1.82, 2.24) is 14.8 Å². The zero-order valence-corrected chi connectivity index (χ0v) is 13.9. The van der Waals surface area contributed by atoms with E-state index in [0.29, 0.717) is 24.5 Å². The number of carbonyl (C=O) groups excluding carboxylic acids is 1. The number of nitrogens with zero attached hydrogens (tertiary/aromatic N) is 3. The molecule has 1 atom stereocenters. The summed E-state index contributed by atoms with van der Waals surface area (Å²) in [6, 6.07) is 7.25. The van der Waals surface area contributed by atoms with E-state index >= 15 is 0 Å². The molecular weight excluding hydrogens is 308 g/mol. The lowest BCUT2D eigenvalue weighted by Gasteiger charge is -2.28. The molecule has 0 unspecified atom stereocenters. The number of carbonyl (C=O) groups is 1. The van der Waals surface area contributed by atoms with Crippen LogP contribution in [0.2, 0.25) is 0 Å². The van der Waals surface area contributed by atoms with E-state index in [-0.39, 0.29) is 12.0 Å². The van der Waals surface area contributed by atoms with E-state index in [4.69, 9.17) is 9.47 Å². The third-order valence-electron chi connectivity index (χ3n) is 3.94. The minimum atomic E-state index is -0.387. The van der Waals surface area contributed by atoms with Gasteiger partial charge in [-0.05, 0) is 31.0 Å². The molecule has 1 aromatic carbocycles. The van der Waals surface area contributed by atoms with Gasteiger partial charge in [0, 0.05) is 5.70 Å². The van der Waals surface area contributed by atoms with E-state index in [0.717, 1.165) is 17.0 Å². The summed E-state index contributed by atoms with van der Waals surface area (Å²) in [6.07, 6.45) is 2.13. The first-order valence-electron chi connectivity index (χ1n) is 7.90. The molecule has 0 spiro atoms. The molecule has 1 N–H and O–H groups in total. The van der Waals surface area contributed by atoms with Crippen LogP contribution in [0.15, 0.2) is 41.9 Å². The largest absolute Gasteiger partial charge is 0.494 e. The number of fused-ring (bicyclic) bond motifs is 1. The first kappa shape index (κ1) is 16.0. The minimum Gasteiger partial charge on any atom is -0.494 e. The van der Waals surface area contributed by atoms with E-state index in [9.17, 15) is 4.79 Å². The van der Waals surface area contributed by atoms with Crippen molar-refractivity contribution in [1.29, 1.82) is 0 Å². The lowest BCUT2D eigenvalue weighted by Crippen LogP contribution is -2.29. The number of hydrogen-bond donors (Lipinski definition) is 1. The van der Waals surface area contributed by atoms with E-state index in [1.54, 1.807) is 4.68 Å². The van der Waals surface area contributed by atoms with Gasteiger partial charge in [0.05, 0.1) is 19.3 Å². The fourth-order valence-corrected chi connectivity index (χ4v) is 2.86. The summed E-state index contributed by atoms with van der Waals surface area (Å²) in [7, 11) is 1.38. The predicted octanol–water partition coefficient (Wildman–Crippen LogP) is 2.53.